The van der Waals surface area contributed by atoms with Crippen molar-refractivity contribution in [2.45, 2.75) is 19.4 Å². The van der Waals surface area contributed by atoms with Gasteiger partial charge >= 0.3 is 0 Å². The van der Waals surface area contributed by atoms with Crippen LogP contribution >= 0.6 is 11.6 Å². The van der Waals surface area contributed by atoms with Crippen molar-refractivity contribution in [2.24, 2.45) is 0 Å². The van der Waals surface area contributed by atoms with Crippen molar-refractivity contribution in [3.63, 3.8) is 0 Å². The minimum atomic E-state index is -0.584. The molecule has 1 aromatic carbocycles. The molecule has 18 heavy (non-hydrogen) atoms. The van der Waals surface area contributed by atoms with Crippen LogP contribution in [0, 0.1) is 0 Å². The number of anilines is 1. The second kappa shape index (κ2) is 5.59. The lowest BCUT2D eigenvalue weighted by atomic mass is 10.1. The van der Waals surface area contributed by atoms with Crippen LogP contribution in [0.5, 0.6) is 0 Å². The summed E-state index contributed by atoms with van der Waals surface area (Å²) in [5.41, 5.74) is 1.63. The van der Waals surface area contributed by atoms with E-state index >= 15 is 0 Å². The molecule has 2 rings (SSSR count). The smallest absolute Gasteiger partial charge is 0.239 e. The molecule has 1 unspecified atom stereocenters. The van der Waals surface area contributed by atoms with Crippen molar-refractivity contribution in [3.05, 3.63) is 28.8 Å². The molecule has 4 nitrogen and oxygen atoms in total. The Morgan fingerprint density at radius 1 is 1.50 bits per heavy atom. The number of amides is 1. The van der Waals surface area contributed by atoms with E-state index in [1.54, 1.807) is 6.92 Å². The summed E-state index contributed by atoms with van der Waals surface area (Å²) >= 11 is 6.13. The molecule has 1 fully saturated rings. The van der Waals surface area contributed by atoms with Crippen LogP contribution in [0.4, 0.5) is 5.69 Å². The number of halogens is 1. The fourth-order valence-electron chi connectivity index (χ4n) is 2.08. The Morgan fingerprint density at radius 2 is 2.28 bits per heavy atom. The predicted octanol–water partition coefficient (Wildman–Crippen LogP) is 1.72. The van der Waals surface area contributed by atoms with E-state index in [9.17, 15) is 9.90 Å². The van der Waals surface area contributed by atoms with Gasteiger partial charge in [-0.15, -0.1) is 0 Å². The molecule has 1 saturated heterocycles. The summed E-state index contributed by atoms with van der Waals surface area (Å²) in [7, 11) is 0. The van der Waals surface area contributed by atoms with Crippen LogP contribution in [0.15, 0.2) is 18.2 Å². The third-order valence-corrected chi connectivity index (χ3v) is 3.39. The average molecular weight is 269 g/mol. The summed E-state index contributed by atoms with van der Waals surface area (Å²) in [4.78, 5) is 13.5. The van der Waals surface area contributed by atoms with Crippen LogP contribution in [0.25, 0.3) is 0 Å². The number of carbonyl (C=O) groups excluding carboxylic acids is 1. The number of benzene rings is 1. The van der Waals surface area contributed by atoms with Crippen LogP contribution in [0.3, 0.4) is 0 Å². The van der Waals surface area contributed by atoms with Crippen LogP contribution in [-0.2, 0) is 4.79 Å². The maximum atomic E-state index is 11.5. The number of hydrogen-bond donors (Lipinski definition) is 2. The van der Waals surface area contributed by atoms with Gasteiger partial charge < -0.3 is 15.3 Å². The van der Waals surface area contributed by atoms with E-state index in [0.717, 1.165) is 25.2 Å². The van der Waals surface area contributed by atoms with Gasteiger partial charge in [0, 0.05) is 23.8 Å². The number of nitrogens with zero attached hydrogens (tertiary/aromatic N) is 1. The van der Waals surface area contributed by atoms with Crippen molar-refractivity contribution < 1.29 is 9.90 Å². The predicted molar refractivity (Wildman–Crippen MR) is 71.9 cm³/mol. The molecule has 1 heterocycles. The Morgan fingerprint density at radius 3 is 2.94 bits per heavy atom. The summed E-state index contributed by atoms with van der Waals surface area (Å²) in [6.07, 6.45) is 0.334. The van der Waals surface area contributed by atoms with Crippen molar-refractivity contribution in [2.75, 3.05) is 24.5 Å². The normalized spacial score (nSPS) is 18.2. The summed E-state index contributed by atoms with van der Waals surface area (Å²) in [5.74, 6) is 0.0308. The number of nitrogens with one attached hydrogen (secondary N) is 1. The summed E-state index contributed by atoms with van der Waals surface area (Å²) in [5, 5.41) is 12.9. The largest absolute Gasteiger partial charge is 0.389 e. The molecule has 5 heteroatoms. The molecule has 0 aromatic heterocycles. The number of rotatable bonds is 2. The van der Waals surface area contributed by atoms with E-state index in [0.29, 0.717) is 17.1 Å². The molecule has 1 aromatic rings. The van der Waals surface area contributed by atoms with E-state index < -0.39 is 6.10 Å². The first kappa shape index (κ1) is 13.2. The molecule has 0 aliphatic carbocycles. The third-order valence-electron chi connectivity index (χ3n) is 3.06. The van der Waals surface area contributed by atoms with E-state index in [-0.39, 0.29) is 5.91 Å². The first-order chi connectivity index (χ1) is 8.58. The molecule has 2 N–H and O–H groups in total. The zero-order valence-electron chi connectivity index (χ0n) is 10.3. The van der Waals surface area contributed by atoms with E-state index in [4.69, 9.17) is 11.6 Å². The summed E-state index contributed by atoms with van der Waals surface area (Å²) in [6, 6.07) is 5.51. The molecule has 1 amide bonds. The Labute approximate surface area is 112 Å². The second-order valence-electron chi connectivity index (χ2n) is 4.51. The maximum absolute atomic E-state index is 11.5. The highest BCUT2D eigenvalue weighted by molar-refractivity contribution is 6.31. The fourth-order valence-corrected chi connectivity index (χ4v) is 2.41. The molecule has 0 radical (unpaired) electrons. The van der Waals surface area contributed by atoms with E-state index in [1.165, 1.54) is 0 Å². The van der Waals surface area contributed by atoms with Gasteiger partial charge in [-0.25, -0.2) is 0 Å². The van der Waals surface area contributed by atoms with Gasteiger partial charge in [0.1, 0.15) is 0 Å². The molecule has 0 bridgehead atoms. The van der Waals surface area contributed by atoms with E-state index in [2.05, 4.69) is 5.32 Å². The van der Waals surface area contributed by atoms with Crippen LogP contribution in [0.2, 0.25) is 5.02 Å². The van der Waals surface area contributed by atoms with E-state index in [1.807, 2.05) is 23.1 Å². The van der Waals surface area contributed by atoms with Crippen molar-refractivity contribution >= 4 is 23.2 Å². The van der Waals surface area contributed by atoms with Crippen molar-refractivity contribution in [1.82, 2.24) is 5.32 Å². The molecule has 1 aliphatic heterocycles. The number of aliphatic hydroxyl groups is 1. The lowest BCUT2D eigenvalue weighted by Crippen LogP contribution is -2.33. The summed E-state index contributed by atoms with van der Waals surface area (Å²) < 4.78 is 0. The monoisotopic (exact) mass is 268 g/mol. The number of carbonyl (C=O) groups is 1. The molecule has 98 valence electrons. The Balaban J connectivity index is 2.22. The molecular weight excluding hydrogens is 252 g/mol. The maximum Gasteiger partial charge on any atom is 0.239 e. The first-order valence-corrected chi connectivity index (χ1v) is 6.45. The lowest BCUT2D eigenvalue weighted by molar-refractivity contribution is -0.119. The third kappa shape index (κ3) is 2.94. The lowest BCUT2D eigenvalue weighted by Gasteiger charge is -2.22. The van der Waals surface area contributed by atoms with Crippen molar-refractivity contribution in [3.8, 4) is 0 Å². The zero-order chi connectivity index (χ0) is 13.1. The Kier molecular flexibility index (Phi) is 4.09. The van der Waals surface area contributed by atoms with Gasteiger partial charge in [0.2, 0.25) is 5.91 Å². The molecule has 0 spiro atoms. The first-order valence-electron chi connectivity index (χ1n) is 6.07. The standard InChI is InChI=1S/C13H17ClN2O2/c1-9(17)11-4-3-10(7-12(11)14)16-6-2-5-15-13(18)8-16/h3-4,7,9,17H,2,5-6,8H2,1H3,(H,15,18). The summed E-state index contributed by atoms with van der Waals surface area (Å²) in [6.45, 7) is 3.57. The minimum absolute atomic E-state index is 0.0308. The topological polar surface area (TPSA) is 52.6 Å². The van der Waals surface area contributed by atoms with Gasteiger partial charge in [-0.1, -0.05) is 17.7 Å². The van der Waals surface area contributed by atoms with Gasteiger partial charge in [0.15, 0.2) is 0 Å². The van der Waals surface area contributed by atoms with Crippen LogP contribution in [0.1, 0.15) is 25.0 Å². The van der Waals surface area contributed by atoms with Gasteiger partial charge in [0.05, 0.1) is 12.6 Å². The van der Waals surface area contributed by atoms with Crippen LogP contribution in [-0.4, -0.2) is 30.6 Å². The quantitative estimate of drug-likeness (QED) is 0.859. The molecule has 1 atom stereocenters. The number of hydrogen-bond acceptors (Lipinski definition) is 3. The Hall–Kier alpha value is -1.26. The highest BCUT2D eigenvalue weighted by Crippen LogP contribution is 2.28. The van der Waals surface area contributed by atoms with Gasteiger partial charge in [0.25, 0.3) is 0 Å². The van der Waals surface area contributed by atoms with Gasteiger partial charge in [-0.3, -0.25) is 4.79 Å². The van der Waals surface area contributed by atoms with Crippen molar-refractivity contribution in [1.29, 1.82) is 0 Å². The highest BCUT2D eigenvalue weighted by atomic mass is 35.5. The number of aliphatic hydroxyl groups excluding tert-OH is 1. The highest BCUT2D eigenvalue weighted by Gasteiger charge is 2.16. The molecule has 1 aliphatic rings. The van der Waals surface area contributed by atoms with Crippen LogP contribution < -0.4 is 10.2 Å². The van der Waals surface area contributed by atoms with Gasteiger partial charge in [-0.05, 0) is 31.0 Å². The minimum Gasteiger partial charge on any atom is -0.389 e. The zero-order valence-corrected chi connectivity index (χ0v) is 11.1. The second-order valence-corrected chi connectivity index (χ2v) is 4.91. The van der Waals surface area contributed by atoms with Gasteiger partial charge in [-0.2, -0.15) is 0 Å². The fraction of sp³-hybridized carbons (Fsp3) is 0.462. The average Bonchev–Trinajstić information content (AvgIpc) is 2.53. The SMILES string of the molecule is CC(O)c1ccc(N2CCCNC(=O)C2)cc1Cl. The Bertz CT molecular complexity index is 449. The molecular formula is C13H17ClN2O2. The molecule has 0 saturated carbocycles.